The molecule has 2 heterocycles. The molecule has 0 saturated carbocycles. The first-order valence-electron chi connectivity index (χ1n) is 10.1. The second-order valence-corrected chi connectivity index (χ2v) is 9.16. The molecule has 0 radical (unpaired) electrons. The number of rotatable bonds is 4. The van der Waals surface area contributed by atoms with Crippen LogP contribution in [0.15, 0.2) is 54.6 Å². The maximum Gasteiger partial charge on any atom is 0.259 e. The molecule has 3 N–H and O–H groups in total. The molecule has 1 aliphatic heterocycles. The summed E-state index contributed by atoms with van der Waals surface area (Å²) in [6.45, 7) is 3.99. The van der Waals surface area contributed by atoms with Gasteiger partial charge in [-0.1, -0.05) is 35.3 Å². The minimum atomic E-state index is -0.443. The van der Waals surface area contributed by atoms with Crippen molar-refractivity contribution >= 4 is 57.5 Å². The van der Waals surface area contributed by atoms with Gasteiger partial charge < -0.3 is 20.4 Å². The van der Waals surface area contributed by atoms with E-state index in [1.54, 1.807) is 36.4 Å². The maximum atomic E-state index is 13.2. The van der Waals surface area contributed by atoms with Crippen LogP contribution in [0.5, 0.6) is 5.75 Å². The number of carbonyl (C=O) groups excluding carboxylic acids is 1. The van der Waals surface area contributed by atoms with Crippen molar-refractivity contribution in [2.24, 2.45) is 0 Å². The number of hydrogen-bond donors (Lipinski definition) is 3. The summed E-state index contributed by atoms with van der Waals surface area (Å²) in [6.07, 6.45) is 0.636. The maximum absolute atomic E-state index is 13.2. The molecule has 3 aromatic carbocycles. The normalized spacial score (nSPS) is 14.1. The van der Waals surface area contributed by atoms with Crippen molar-refractivity contribution in [1.29, 1.82) is 0 Å². The number of nitrogens with one attached hydrogen (secondary N) is 3. The van der Waals surface area contributed by atoms with Crippen LogP contribution in [0.2, 0.25) is 10.0 Å². The first kappa shape index (κ1) is 20.7. The summed E-state index contributed by atoms with van der Waals surface area (Å²) in [6, 6.07) is 16.2. The number of anilines is 3. The first-order valence-corrected chi connectivity index (χ1v) is 10.9. The Morgan fingerprint density at radius 3 is 2.62 bits per heavy atom. The topological polar surface area (TPSA) is 79.0 Å². The minimum absolute atomic E-state index is 0.265. The average molecular weight is 467 g/mol. The van der Waals surface area contributed by atoms with Crippen LogP contribution in [-0.2, 0) is 6.42 Å². The highest BCUT2D eigenvalue weighted by atomic mass is 35.5. The Balaban J connectivity index is 1.55. The average Bonchev–Trinajstić information content (AvgIpc) is 3.29. The molecule has 0 aliphatic carbocycles. The molecule has 0 fully saturated rings. The van der Waals surface area contributed by atoms with E-state index in [-0.39, 0.29) is 5.91 Å². The summed E-state index contributed by atoms with van der Waals surface area (Å²) in [4.78, 5) is 21.2. The number of aromatic amines is 1. The number of imidazole rings is 1. The number of amides is 1. The number of hydrogen-bond acceptors (Lipinski definition) is 4. The lowest BCUT2D eigenvalue weighted by atomic mass is 9.98. The third-order valence-corrected chi connectivity index (χ3v) is 5.86. The molecule has 1 aromatic heterocycles. The number of halogens is 2. The van der Waals surface area contributed by atoms with Crippen molar-refractivity contribution in [1.82, 2.24) is 9.97 Å². The van der Waals surface area contributed by atoms with E-state index in [4.69, 9.17) is 32.9 Å². The standard InChI is InChI=1S/C24H20Cl2N4O2/c1-24(2)12-16-20-19(29-23(30-20)28-18-6-4-3-5-17(18)26)11-15(21(16)32-24)22(31)27-14-9-7-13(25)8-10-14/h3-11H,12H2,1-2H3,(H,27,31)(H2,28,29,30). The number of nitrogens with zero attached hydrogens (tertiary/aromatic N) is 1. The molecule has 0 bridgehead atoms. The van der Waals surface area contributed by atoms with Gasteiger partial charge in [0.15, 0.2) is 0 Å². The van der Waals surface area contributed by atoms with Gasteiger partial charge in [-0.25, -0.2) is 4.98 Å². The Bertz CT molecular complexity index is 1350. The molecule has 1 aliphatic rings. The van der Waals surface area contributed by atoms with Gasteiger partial charge in [0.25, 0.3) is 5.91 Å². The fourth-order valence-electron chi connectivity index (χ4n) is 3.87. The molecule has 0 atom stereocenters. The van der Waals surface area contributed by atoms with Gasteiger partial charge in [-0.15, -0.1) is 0 Å². The van der Waals surface area contributed by atoms with Crippen LogP contribution in [0.4, 0.5) is 17.3 Å². The highest BCUT2D eigenvalue weighted by Crippen LogP contribution is 2.42. The lowest BCUT2D eigenvalue weighted by Gasteiger charge is -2.18. The van der Waals surface area contributed by atoms with Crippen molar-refractivity contribution in [2.45, 2.75) is 25.9 Å². The Hall–Kier alpha value is -3.22. The predicted octanol–water partition coefficient (Wildman–Crippen LogP) is 6.58. The Labute approximate surface area is 194 Å². The summed E-state index contributed by atoms with van der Waals surface area (Å²) in [7, 11) is 0. The van der Waals surface area contributed by atoms with Gasteiger partial charge in [-0.2, -0.15) is 0 Å². The summed E-state index contributed by atoms with van der Waals surface area (Å²) < 4.78 is 6.18. The van der Waals surface area contributed by atoms with Crippen molar-refractivity contribution in [3.05, 3.63) is 75.8 Å². The van der Waals surface area contributed by atoms with Gasteiger partial charge in [-0.05, 0) is 56.3 Å². The van der Waals surface area contributed by atoms with E-state index < -0.39 is 5.60 Å². The number of ether oxygens (including phenoxy) is 1. The number of carbonyl (C=O) groups is 1. The summed E-state index contributed by atoms with van der Waals surface area (Å²) in [5.74, 6) is 0.832. The summed E-state index contributed by atoms with van der Waals surface area (Å²) in [5, 5.41) is 7.32. The molecule has 4 aromatic rings. The van der Waals surface area contributed by atoms with E-state index >= 15 is 0 Å². The van der Waals surface area contributed by atoms with Gasteiger partial charge in [0, 0.05) is 22.7 Å². The van der Waals surface area contributed by atoms with E-state index in [0.29, 0.717) is 39.4 Å². The van der Waals surface area contributed by atoms with Crippen LogP contribution in [-0.4, -0.2) is 21.5 Å². The zero-order valence-corrected chi connectivity index (χ0v) is 18.9. The largest absolute Gasteiger partial charge is 0.486 e. The van der Waals surface area contributed by atoms with Crippen molar-refractivity contribution in [2.75, 3.05) is 10.6 Å². The van der Waals surface area contributed by atoms with Gasteiger partial charge in [0.2, 0.25) is 5.95 Å². The summed E-state index contributed by atoms with van der Waals surface area (Å²) in [5.41, 5.74) is 3.79. The molecule has 0 saturated heterocycles. The minimum Gasteiger partial charge on any atom is -0.486 e. The zero-order valence-electron chi connectivity index (χ0n) is 17.4. The van der Waals surface area contributed by atoms with Crippen LogP contribution in [0.1, 0.15) is 29.8 Å². The van der Waals surface area contributed by atoms with Gasteiger partial charge in [-0.3, -0.25) is 4.79 Å². The van der Waals surface area contributed by atoms with E-state index in [1.165, 1.54) is 0 Å². The molecule has 5 rings (SSSR count). The van der Waals surface area contributed by atoms with Crippen LogP contribution >= 0.6 is 23.2 Å². The zero-order chi connectivity index (χ0) is 22.5. The Morgan fingerprint density at radius 2 is 1.88 bits per heavy atom. The van der Waals surface area contributed by atoms with Gasteiger partial charge in [0.1, 0.15) is 11.4 Å². The molecule has 0 unspecified atom stereocenters. The molecule has 1 amide bonds. The number of para-hydroxylation sites is 1. The molecule has 0 spiro atoms. The van der Waals surface area contributed by atoms with Gasteiger partial charge in [0.05, 0.1) is 27.3 Å². The van der Waals surface area contributed by atoms with Gasteiger partial charge >= 0.3 is 0 Å². The Kier molecular flexibility index (Phi) is 4.99. The molecular weight excluding hydrogens is 447 g/mol. The third kappa shape index (κ3) is 3.87. The van der Waals surface area contributed by atoms with Crippen LogP contribution in [0.3, 0.4) is 0 Å². The fourth-order valence-corrected chi connectivity index (χ4v) is 4.18. The van der Waals surface area contributed by atoms with Crippen LogP contribution in [0.25, 0.3) is 11.0 Å². The van der Waals surface area contributed by atoms with Crippen LogP contribution < -0.4 is 15.4 Å². The predicted molar refractivity (Wildman–Crippen MR) is 129 cm³/mol. The highest BCUT2D eigenvalue weighted by Gasteiger charge is 2.36. The quantitative estimate of drug-likeness (QED) is 0.317. The number of H-pyrrole nitrogens is 1. The molecule has 162 valence electrons. The van der Waals surface area contributed by atoms with E-state index in [9.17, 15) is 4.79 Å². The molecule has 6 nitrogen and oxygen atoms in total. The molecule has 8 heteroatoms. The summed E-state index contributed by atoms with van der Waals surface area (Å²) >= 11 is 12.2. The van der Waals surface area contributed by atoms with Crippen LogP contribution in [0, 0.1) is 0 Å². The lowest BCUT2D eigenvalue weighted by Crippen LogP contribution is -2.25. The van der Waals surface area contributed by atoms with E-state index in [1.807, 2.05) is 32.0 Å². The fraction of sp³-hybridized carbons (Fsp3) is 0.167. The number of fused-ring (bicyclic) bond motifs is 3. The second-order valence-electron chi connectivity index (χ2n) is 8.32. The Morgan fingerprint density at radius 1 is 1.12 bits per heavy atom. The first-order chi connectivity index (χ1) is 15.3. The molecular formula is C24H20Cl2N4O2. The van der Waals surface area contributed by atoms with Crippen molar-refractivity contribution in [3.8, 4) is 5.75 Å². The highest BCUT2D eigenvalue weighted by molar-refractivity contribution is 6.33. The smallest absolute Gasteiger partial charge is 0.259 e. The van der Waals surface area contributed by atoms with Crippen molar-refractivity contribution in [3.63, 3.8) is 0 Å². The molecule has 32 heavy (non-hydrogen) atoms. The second kappa shape index (κ2) is 7.73. The number of aromatic nitrogens is 2. The lowest BCUT2D eigenvalue weighted by molar-refractivity contribution is 0.101. The SMILES string of the molecule is CC1(C)Cc2c(c(C(=O)Nc3ccc(Cl)cc3)cc3[nH]c(Nc4ccccc4Cl)nc23)O1. The number of benzene rings is 3. The van der Waals surface area contributed by atoms with E-state index in [0.717, 1.165) is 22.3 Å². The monoisotopic (exact) mass is 466 g/mol. The third-order valence-electron chi connectivity index (χ3n) is 5.28. The van der Waals surface area contributed by atoms with Crippen molar-refractivity contribution < 1.29 is 9.53 Å². The van der Waals surface area contributed by atoms with E-state index in [2.05, 4.69) is 15.6 Å².